The van der Waals surface area contributed by atoms with Crippen molar-refractivity contribution in [3.63, 3.8) is 0 Å². The largest absolute Gasteiger partial charge is 0.351 e. The standard InChI is InChI=1S/C5H11OS2/c1-4-6-5(7-2)8-3/h4H2,1-3H3. The quantitative estimate of drug-likeness (QED) is 0.609. The van der Waals surface area contributed by atoms with Crippen molar-refractivity contribution in [2.75, 3.05) is 19.1 Å². The molecule has 0 rings (SSSR count). The van der Waals surface area contributed by atoms with Gasteiger partial charge < -0.3 is 4.74 Å². The zero-order valence-electron chi connectivity index (χ0n) is 5.43. The highest BCUT2D eigenvalue weighted by Gasteiger charge is 2.02. The molecular formula is C5H11OS2. The van der Waals surface area contributed by atoms with Gasteiger partial charge in [0.05, 0.1) is 0 Å². The predicted octanol–water partition coefficient (Wildman–Crippen LogP) is 2.20. The minimum Gasteiger partial charge on any atom is -0.351 e. The van der Waals surface area contributed by atoms with Crippen LogP contribution in [0.1, 0.15) is 6.92 Å². The Morgan fingerprint density at radius 1 is 1.38 bits per heavy atom. The maximum absolute atomic E-state index is 5.18. The van der Waals surface area contributed by atoms with Gasteiger partial charge in [0.1, 0.15) is 0 Å². The molecule has 1 radical (unpaired) electrons. The van der Waals surface area contributed by atoms with E-state index in [9.17, 15) is 0 Å². The van der Waals surface area contributed by atoms with Gasteiger partial charge in [-0.2, -0.15) is 0 Å². The molecule has 0 bridgehead atoms. The number of rotatable bonds is 4. The SMILES string of the molecule is CCO[C](SC)SC. The first kappa shape index (κ1) is 8.66. The third-order valence-corrected chi connectivity index (χ3v) is 2.50. The molecule has 0 amide bonds. The zero-order chi connectivity index (χ0) is 6.41. The summed E-state index contributed by atoms with van der Waals surface area (Å²) >= 11 is 3.30. The van der Waals surface area contributed by atoms with Crippen LogP contribution >= 0.6 is 23.5 Å². The van der Waals surface area contributed by atoms with Crippen LogP contribution in [0.5, 0.6) is 0 Å². The normalized spacial score (nSPS) is 10.5. The van der Waals surface area contributed by atoms with Crippen molar-refractivity contribution in [1.82, 2.24) is 0 Å². The van der Waals surface area contributed by atoms with Gasteiger partial charge in [-0.25, -0.2) is 0 Å². The van der Waals surface area contributed by atoms with E-state index < -0.39 is 0 Å². The van der Waals surface area contributed by atoms with E-state index in [1.807, 2.05) is 19.4 Å². The molecule has 0 atom stereocenters. The smallest absolute Gasteiger partial charge is 0.208 e. The molecule has 0 aliphatic rings. The lowest BCUT2D eigenvalue weighted by Gasteiger charge is -2.07. The van der Waals surface area contributed by atoms with Gasteiger partial charge in [0.2, 0.25) is 4.77 Å². The number of hydrogen-bond donors (Lipinski definition) is 0. The van der Waals surface area contributed by atoms with Crippen LogP contribution in [-0.4, -0.2) is 19.1 Å². The fourth-order valence-electron chi connectivity index (χ4n) is 0.319. The lowest BCUT2D eigenvalue weighted by molar-refractivity contribution is 0.236. The Morgan fingerprint density at radius 2 is 1.88 bits per heavy atom. The van der Waals surface area contributed by atoms with E-state index in [1.165, 1.54) is 0 Å². The summed E-state index contributed by atoms with van der Waals surface area (Å²) in [5.41, 5.74) is 0. The summed E-state index contributed by atoms with van der Waals surface area (Å²) < 4.78 is 6.23. The second-order valence-electron chi connectivity index (χ2n) is 1.09. The molecule has 0 aromatic rings. The molecule has 1 nitrogen and oxygen atoms in total. The number of ether oxygens (including phenoxy) is 1. The molecule has 49 valence electrons. The molecule has 0 aromatic carbocycles. The van der Waals surface area contributed by atoms with Crippen LogP contribution in [0.25, 0.3) is 0 Å². The average Bonchev–Trinajstić information content (AvgIpc) is 1.83. The Kier molecular flexibility index (Phi) is 6.27. The maximum Gasteiger partial charge on any atom is 0.208 e. The van der Waals surface area contributed by atoms with Crippen molar-refractivity contribution in [3.8, 4) is 0 Å². The first-order valence-electron chi connectivity index (χ1n) is 2.42. The molecule has 0 heterocycles. The first-order chi connectivity index (χ1) is 3.85. The fourth-order valence-corrected chi connectivity index (χ4v) is 1.46. The molecule has 0 N–H and O–H groups in total. The van der Waals surface area contributed by atoms with Crippen LogP contribution in [-0.2, 0) is 4.74 Å². The summed E-state index contributed by atoms with van der Waals surface area (Å²) in [7, 11) is 0. The zero-order valence-corrected chi connectivity index (χ0v) is 7.06. The summed E-state index contributed by atoms with van der Waals surface area (Å²) in [5, 5.41) is 0. The second kappa shape index (κ2) is 5.79. The molecule has 0 saturated carbocycles. The second-order valence-corrected chi connectivity index (χ2v) is 2.91. The summed E-state index contributed by atoms with van der Waals surface area (Å²) in [6.07, 6.45) is 4.03. The molecule has 0 aromatic heterocycles. The Morgan fingerprint density at radius 3 is 2.00 bits per heavy atom. The Bertz CT molecular complexity index is 45.7. The van der Waals surface area contributed by atoms with Crippen molar-refractivity contribution < 1.29 is 4.74 Å². The van der Waals surface area contributed by atoms with Crippen molar-refractivity contribution in [2.24, 2.45) is 0 Å². The highest BCUT2D eigenvalue weighted by Crippen LogP contribution is 2.27. The Labute approximate surface area is 59.6 Å². The van der Waals surface area contributed by atoms with Crippen LogP contribution in [0, 0.1) is 4.77 Å². The lowest BCUT2D eigenvalue weighted by Crippen LogP contribution is -1.91. The molecule has 0 unspecified atom stereocenters. The summed E-state index contributed by atoms with van der Waals surface area (Å²) in [6, 6.07) is 0. The van der Waals surface area contributed by atoms with Gasteiger partial charge in [0.15, 0.2) is 0 Å². The minimum atomic E-state index is 0.775. The maximum atomic E-state index is 5.18. The van der Waals surface area contributed by atoms with Crippen LogP contribution in [0.2, 0.25) is 0 Å². The van der Waals surface area contributed by atoms with Crippen molar-refractivity contribution >= 4 is 23.5 Å². The van der Waals surface area contributed by atoms with E-state index in [4.69, 9.17) is 4.74 Å². The van der Waals surface area contributed by atoms with Gasteiger partial charge in [-0.1, -0.05) is 0 Å². The summed E-state index contributed by atoms with van der Waals surface area (Å²) in [6.45, 7) is 2.77. The first-order valence-corrected chi connectivity index (χ1v) is 4.87. The predicted molar refractivity (Wildman–Crippen MR) is 41.9 cm³/mol. The van der Waals surface area contributed by atoms with E-state index in [2.05, 4.69) is 0 Å². The number of thioether (sulfide) groups is 2. The van der Waals surface area contributed by atoms with Gasteiger partial charge in [-0.15, -0.1) is 23.5 Å². The van der Waals surface area contributed by atoms with E-state index in [-0.39, 0.29) is 0 Å². The van der Waals surface area contributed by atoms with Crippen molar-refractivity contribution in [2.45, 2.75) is 6.92 Å². The Hall–Kier alpha value is 0.660. The average molecular weight is 151 g/mol. The number of hydrogen-bond acceptors (Lipinski definition) is 3. The monoisotopic (exact) mass is 151 g/mol. The Balaban J connectivity index is 3.07. The molecule has 0 saturated heterocycles. The van der Waals surface area contributed by atoms with E-state index in [0.29, 0.717) is 0 Å². The molecular weight excluding hydrogens is 140 g/mol. The summed E-state index contributed by atoms with van der Waals surface area (Å²) in [5.74, 6) is 0. The van der Waals surface area contributed by atoms with E-state index in [0.717, 1.165) is 11.4 Å². The van der Waals surface area contributed by atoms with Gasteiger partial charge in [0.25, 0.3) is 0 Å². The molecule has 0 aliphatic heterocycles. The van der Waals surface area contributed by atoms with E-state index >= 15 is 0 Å². The van der Waals surface area contributed by atoms with Crippen LogP contribution in [0.4, 0.5) is 0 Å². The van der Waals surface area contributed by atoms with Crippen LogP contribution in [0.3, 0.4) is 0 Å². The summed E-state index contributed by atoms with van der Waals surface area (Å²) in [4.78, 5) is 0. The van der Waals surface area contributed by atoms with Gasteiger partial charge >= 0.3 is 0 Å². The molecule has 3 heteroatoms. The van der Waals surface area contributed by atoms with Crippen LogP contribution < -0.4 is 0 Å². The molecule has 8 heavy (non-hydrogen) atoms. The fraction of sp³-hybridized carbons (Fsp3) is 0.800. The van der Waals surface area contributed by atoms with Gasteiger partial charge in [-0.05, 0) is 19.4 Å². The third-order valence-electron chi connectivity index (χ3n) is 0.596. The van der Waals surface area contributed by atoms with Crippen molar-refractivity contribution in [3.05, 3.63) is 4.77 Å². The van der Waals surface area contributed by atoms with E-state index in [1.54, 1.807) is 23.5 Å². The highest BCUT2D eigenvalue weighted by molar-refractivity contribution is 8.19. The van der Waals surface area contributed by atoms with Gasteiger partial charge in [0, 0.05) is 6.61 Å². The molecule has 0 spiro atoms. The minimum absolute atomic E-state index is 0.775. The van der Waals surface area contributed by atoms with Crippen LogP contribution in [0.15, 0.2) is 0 Å². The van der Waals surface area contributed by atoms with Gasteiger partial charge in [-0.3, -0.25) is 0 Å². The lowest BCUT2D eigenvalue weighted by atomic mass is 10.9. The molecule has 0 aliphatic carbocycles. The topological polar surface area (TPSA) is 9.23 Å². The third kappa shape index (κ3) is 3.64. The van der Waals surface area contributed by atoms with Crippen molar-refractivity contribution in [1.29, 1.82) is 0 Å². The molecule has 0 fully saturated rings. The highest BCUT2D eigenvalue weighted by atomic mass is 32.2.